The van der Waals surface area contributed by atoms with Gasteiger partial charge in [-0.3, -0.25) is 4.79 Å². The molecule has 1 fully saturated rings. The second-order valence-electron chi connectivity index (χ2n) is 5.07. The molecule has 1 saturated heterocycles. The van der Waals surface area contributed by atoms with E-state index in [9.17, 15) is 4.79 Å². The maximum Gasteiger partial charge on any atom is 0.246 e. The third kappa shape index (κ3) is 3.54. The quantitative estimate of drug-likeness (QED) is 0.733. The van der Waals surface area contributed by atoms with Gasteiger partial charge in [0, 0.05) is 38.1 Å². The summed E-state index contributed by atoms with van der Waals surface area (Å²) >= 11 is 0. The van der Waals surface area contributed by atoms with E-state index in [1.165, 1.54) is 0 Å². The van der Waals surface area contributed by atoms with Crippen molar-refractivity contribution in [3.8, 4) is 0 Å². The van der Waals surface area contributed by atoms with Crippen molar-refractivity contribution in [3.05, 3.63) is 18.7 Å². The molecule has 1 atom stereocenters. The summed E-state index contributed by atoms with van der Waals surface area (Å²) in [5, 5.41) is 6.03. The topological polar surface area (TPSA) is 68.2 Å². The Bertz CT molecular complexity index is 387. The van der Waals surface area contributed by atoms with Gasteiger partial charge in [0.1, 0.15) is 6.61 Å². The minimum atomic E-state index is -0.176. The molecule has 0 saturated carbocycles. The molecule has 2 N–H and O–H groups in total. The lowest BCUT2D eigenvalue weighted by Crippen LogP contribution is -2.59. The van der Waals surface area contributed by atoms with Gasteiger partial charge in [0.15, 0.2) is 0 Å². The van der Waals surface area contributed by atoms with Crippen LogP contribution in [0.2, 0.25) is 0 Å². The van der Waals surface area contributed by atoms with Crippen LogP contribution >= 0.6 is 0 Å². The average Bonchev–Trinajstić information content (AvgIpc) is 2.76. The van der Waals surface area contributed by atoms with E-state index in [0.717, 1.165) is 13.1 Å². The molecule has 100 valence electrons. The maximum atomic E-state index is 11.7. The summed E-state index contributed by atoms with van der Waals surface area (Å²) in [5.41, 5.74) is -0.176. The summed E-state index contributed by atoms with van der Waals surface area (Å²) in [6, 6.07) is 0.0580. The number of rotatable bonds is 6. The Morgan fingerprint density at radius 2 is 2.44 bits per heavy atom. The Kier molecular flexibility index (Phi) is 3.98. The first-order valence-corrected chi connectivity index (χ1v) is 6.17. The van der Waals surface area contributed by atoms with E-state index in [1.54, 1.807) is 12.5 Å². The van der Waals surface area contributed by atoms with Crippen LogP contribution in [0.1, 0.15) is 13.8 Å². The molecule has 1 aliphatic rings. The van der Waals surface area contributed by atoms with Crippen LogP contribution in [0.25, 0.3) is 0 Å². The SMILES string of the molecule is CC(Cn1ccnc1)NC(=O)COC1(C)CNC1. The summed E-state index contributed by atoms with van der Waals surface area (Å²) in [6.45, 7) is 6.42. The number of hydrogen-bond donors (Lipinski definition) is 2. The highest BCUT2D eigenvalue weighted by molar-refractivity contribution is 5.77. The lowest BCUT2D eigenvalue weighted by atomic mass is 10.0. The van der Waals surface area contributed by atoms with Crippen LogP contribution in [0.4, 0.5) is 0 Å². The largest absolute Gasteiger partial charge is 0.363 e. The monoisotopic (exact) mass is 252 g/mol. The molecule has 0 bridgehead atoms. The molecule has 1 amide bonds. The van der Waals surface area contributed by atoms with Crippen molar-refractivity contribution >= 4 is 5.91 Å². The van der Waals surface area contributed by atoms with Crippen LogP contribution in [0, 0.1) is 0 Å². The number of ether oxygens (including phenoxy) is 1. The predicted molar refractivity (Wildman–Crippen MR) is 67.1 cm³/mol. The van der Waals surface area contributed by atoms with Crippen molar-refractivity contribution in [2.24, 2.45) is 0 Å². The van der Waals surface area contributed by atoms with Gasteiger partial charge in [-0.1, -0.05) is 0 Å². The van der Waals surface area contributed by atoms with Crippen molar-refractivity contribution in [3.63, 3.8) is 0 Å². The standard InChI is InChI=1S/C12H20N4O2/c1-10(5-16-4-3-13-9-16)15-11(17)6-18-12(2)7-14-8-12/h3-4,9-10,14H,5-8H2,1-2H3,(H,15,17). The number of nitrogens with one attached hydrogen (secondary N) is 2. The highest BCUT2D eigenvalue weighted by Gasteiger charge is 2.33. The van der Waals surface area contributed by atoms with Crippen molar-refractivity contribution in [2.45, 2.75) is 32.0 Å². The van der Waals surface area contributed by atoms with E-state index in [1.807, 2.05) is 24.6 Å². The van der Waals surface area contributed by atoms with Crippen molar-refractivity contribution in [1.82, 2.24) is 20.2 Å². The van der Waals surface area contributed by atoms with Gasteiger partial charge >= 0.3 is 0 Å². The highest BCUT2D eigenvalue weighted by Crippen LogP contribution is 2.14. The molecule has 2 heterocycles. The number of nitrogens with zero attached hydrogens (tertiary/aromatic N) is 2. The van der Waals surface area contributed by atoms with E-state index >= 15 is 0 Å². The molecule has 1 unspecified atom stereocenters. The van der Waals surface area contributed by atoms with Gasteiger partial charge in [0.2, 0.25) is 5.91 Å². The molecule has 1 aromatic rings. The van der Waals surface area contributed by atoms with Crippen LogP contribution in [0.5, 0.6) is 0 Å². The van der Waals surface area contributed by atoms with Gasteiger partial charge in [-0.05, 0) is 13.8 Å². The second-order valence-corrected chi connectivity index (χ2v) is 5.07. The van der Waals surface area contributed by atoms with Crippen LogP contribution in [0.15, 0.2) is 18.7 Å². The third-order valence-electron chi connectivity index (χ3n) is 3.00. The lowest BCUT2D eigenvalue weighted by Gasteiger charge is -2.38. The molecule has 18 heavy (non-hydrogen) atoms. The van der Waals surface area contributed by atoms with Crippen LogP contribution in [0.3, 0.4) is 0 Å². The van der Waals surface area contributed by atoms with Gasteiger partial charge in [-0.2, -0.15) is 0 Å². The predicted octanol–water partition coefficient (Wildman–Crippen LogP) is -0.234. The number of aromatic nitrogens is 2. The van der Waals surface area contributed by atoms with Crippen molar-refractivity contribution < 1.29 is 9.53 Å². The number of carbonyl (C=O) groups excluding carboxylic acids is 1. The van der Waals surface area contributed by atoms with Gasteiger partial charge in [0.25, 0.3) is 0 Å². The zero-order valence-electron chi connectivity index (χ0n) is 10.8. The van der Waals surface area contributed by atoms with Gasteiger partial charge in [0.05, 0.1) is 11.9 Å². The smallest absolute Gasteiger partial charge is 0.246 e. The molecule has 1 aliphatic heterocycles. The summed E-state index contributed by atoms with van der Waals surface area (Å²) < 4.78 is 7.50. The Balaban J connectivity index is 1.67. The molecule has 6 nitrogen and oxygen atoms in total. The van der Waals surface area contributed by atoms with Gasteiger partial charge in [-0.25, -0.2) is 4.98 Å². The van der Waals surface area contributed by atoms with E-state index in [-0.39, 0.29) is 24.2 Å². The third-order valence-corrected chi connectivity index (χ3v) is 3.00. The van der Waals surface area contributed by atoms with E-state index < -0.39 is 0 Å². The van der Waals surface area contributed by atoms with Crippen LogP contribution in [-0.4, -0.2) is 46.8 Å². The fraction of sp³-hybridized carbons (Fsp3) is 0.667. The van der Waals surface area contributed by atoms with Crippen LogP contribution in [-0.2, 0) is 16.1 Å². The first-order chi connectivity index (χ1) is 8.57. The molecule has 0 radical (unpaired) electrons. The maximum absolute atomic E-state index is 11.7. The number of amides is 1. The zero-order chi connectivity index (χ0) is 13.0. The lowest BCUT2D eigenvalue weighted by molar-refractivity contribution is -0.136. The summed E-state index contributed by atoms with van der Waals surface area (Å²) in [7, 11) is 0. The Morgan fingerprint density at radius 1 is 1.67 bits per heavy atom. The minimum Gasteiger partial charge on any atom is -0.363 e. The minimum absolute atomic E-state index is 0.0580. The van der Waals surface area contributed by atoms with E-state index in [0.29, 0.717) is 6.54 Å². The molecule has 6 heteroatoms. The second kappa shape index (κ2) is 5.49. The molecular weight excluding hydrogens is 232 g/mol. The first kappa shape index (κ1) is 13.0. The van der Waals surface area contributed by atoms with Crippen LogP contribution < -0.4 is 10.6 Å². The normalized spacial score (nSPS) is 19.0. The Morgan fingerprint density at radius 3 is 3.00 bits per heavy atom. The molecule has 0 spiro atoms. The zero-order valence-corrected chi connectivity index (χ0v) is 10.8. The summed E-state index contributed by atoms with van der Waals surface area (Å²) in [6.07, 6.45) is 5.34. The van der Waals surface area contributed by atoms with Crippen molar-refractivity contribution in [1.29, 1.82) is 0 Å². The number of carbonyl (C=O) groups is 1. The molecule has 1 aromatic heterocycles. The first-order valence-electron chi connectivity index (χ1n) is 6.17. The number of imidazole rings is 1. The van der Waals surface area contributed by atoms with Gasteiger partial charge in [-0.15, -0.1) is 0 Å². The fourth-order valence-corrected chi connectivity index (χ4v) is 1.89. The molecule has 0 aliphatic carbocycles. The average molecular weight is 252 g/mol. The highest BCUT2D eigenvalue weighted by atomic mass is 16.5. The van der Waals surface area contributed by atoms with E-state index in [4.69, 9.17) is 4.74 Å². The molecule has 0 aromatic carbocycles. The summed E-state index contributed by atoms with van der Waals surface area (Å²) in [4.78, 5) is 15.6. The fourth-order valence-electron chi connectivity index (χ4n) is 1.89. The Hall–Kier alpha value is -1.40. The van der Waals surface area contributed by atoms with Gasteiger partial charge < -0.3 is 19.9 Å². The summed E-state index contributed by atoms with van der Waals surface area (Å²) in [5.74, 6) is -0.0734. The van der Waals surface area contributed by atoms with E-state index in [2.05, 4.69) is 15.6 Å². The Labute approximate surface area is 107 Å². The molecule has 2 rings (SSSR count). The molecular formula is C12H20N4O2. The van der Waals surface area contributed by atoms with Crippen molar-refractivity contribution in [2.75, 3.05) is 19.7 Å². The number of hydrogen-bond acceptors (Lipinski definition) is 4.